The summed E-state index contributed by atoms with van der Waals surface area (Å²) in [6, 6.07) is 8.35. The second-order valence-electron chi connectivity index (χ2n) is 4.68. The van der Waals surface area contributed by atoms with Crippen LogP contribution < -0.4 is 9.64 Å². The third-order valence-electron chi connectivity index (χ3n) is 3.29. The summed E-state index contributed by atoms with van der Waals surface area (Å²) in [7, 11) is 3.70. The molecule has 1 atom stereocenters. The van der Waals surface area contributed by atoms with Gasteiger partial charge < -0.3 is 9.64 Å². The van der Waals surface area contributed by atoms with Gasteiger partial charge in [-0.3, -0.25) is 0 Å². The second-order valence-corrected chi connectivity index (χ2v) is 5.59. The van der Waals surface area contributed by atoms with Gasteiger partial charge in [-0.15, -0.1) is 0 Å². The van der Waals surface area contributed by atoms with Crippen LogP contribution in [0.15, 0.2) is 41.1 Å². The molecule has 5 heteroatoms. The third kappa shape index (κ3) is 3.48. The van der Waals surface area contributed by atoms with Crippen LogP contribution in [-0.2, 0) is 6.42 Å². The molecule has 0 saturated carbocycles. The zero-order valence-electron chi connectivity index (χ0n) is 11.9. The van der Waals surface area contributed by atoms with Crippen molar-refractivity contribution in [3.63, 3.8) is 0 Å². The van der Waals surface area contributed by atoms with Gasteiger partial charge in [0.2, 0.25) is 5.95 Å². The Kier molecular flexibility index (Phi) is 4.95. The molecular formula is C15H18BrN3O. The molecule has 1 aromatic heterocycles. The van der Waals surface area contributed by atoms with Crippen molar-refractivity contribution in [1.29, 1.82) is 0 Å². The van der Waals surface area contributed by atoms with Gasteiger partial charge in [0, 0.05) is 25.5 Å². The maximum atomic E-state index is 5.39. The number of anilines is 1. The lowest BCUT2D eigenvalue weighted by Crippen LogP contribution is -2.32. The molecule has 1 unspecified atom stereocenters. The Bertz CT molecular complexity index is 559. The van der Waals surface area contributed by atoms with Crippen LogP contribution in [-0.4, -0.2) is 30.2 Å². The van der Waals surface area contributed by atoms with Gasteiger partial charge in [0.1, 0.15) is 5.75 Å². The fourth-order valence-corrected chi connectivity index (χ4v) is 2.22. The topological polar surface area (TPSA) is 38.2 Å². The molecular weight excluding hydrogens is 318 g/mol. The molecule has 0 bridgehead atoms. The summed E-state index contributed by atoms with van der Waals surface area (Å²) in [6.07, 6.45) is 4.39. The summed E-state index contributed by atoms with van der Waals surface area (Å²) in [6.45, 7) is 2.15. The van der Waals surface area contributed by atoms with Gasteiger partial charge in [0.15, 0.2) is 0 Å². The zero-order chi connectivity index (χ0) is 14.5. The number of para-hydroxylation sites is 1. The van der Waals surface area contributed by atoms with E-state index < -0.39 is 0 Å². The van der Waals surface area contributed by atoms with E-state index in [-0.39, 0.29) is 6.04 Å². The number of hydrogen-bond acceptors (Lipinski definition) is 4. The van der Waals surface area contributed by atoms with Crippen LogP contribution in [0.1, 0.15) is 12.5 Å². The van der Waals surface area contributed by atoms with Gasteiger partial charge in [0.05, 0.1) is 11.6 Å². The van der Waals surface area contributed by atoms with Crippen LogP contribution in [0, 0.1) is 0 Å². The van der Waals surface area contributed by atoms with Crippen molar-refractivity contribution in [3.8, 4) is 5.75 Å². The Labute approximate surface area is 127 Å². The number of benzene rings is 1. The standard InChI is InChI=1S/C15H18BrN3O/c1-11(8-12-6-4-5-7-14(12)20-3)19(2)15-17-9-13(16)10-18-15/h4-7,9-11H,8H2,1-3H3. The third-order valence-corrected chi connectivity index (χ3v) is 3.70. The van der Waals surface area contributed by atoms with Gasteiger partial charge >= 0.3 is 0 Å². The van der Waals surface area contributed by atoms with Gasteiger partial charge in [-0.1, -0.05) is 18.2 Å². The van der Waals surface area contributed by atoms with E-state index in [1.807, 2.05) is 25.2 Å². The van der Waals surface area contributed by atoms with Crippen molar-refractivity contribution < 1.29 is 4.74 Å². The normalized spacial score (nSPS) is 12.0. The highest BCUT2D eigenvalue weighted by atomic mass is 79.9. The molecule has 0 aliphatic heterocycles. The minimum absolute atomic E-state index is 0.271. The highest BCUT2D eigenvalue weighted by molar-refractivity contribution is 9.10. The van der Waals surface area contributed by atoms with Crippen molar-refractivity contribution in [3.05, 3.63) is 46.7 Å². The first-order chi connectivity index (χ1) is 9.61. The Balaban J connectivity index is 2.11. The van der Waals surface area contributed by atoms with Crippen LogP contribution in [0.4, 0.5) is 5.95 Å². The average molecular weight is 336 g/mol. The molecule has 1 heterocycles. The first kappa shape index (κ1) is 14.8. The second kappa shape index (κ2) is 6.70. The highest BCUT2D eigenvalue weighted by Crippen LogP contribution is 2.21. The average Bonchev–Trinajstić information content (AvgIpc) is 2.48. The summed E-state index contributed by atoms with van der Waals surface area (Å²) >= 11 is 3.34. The lowest BCUT2D eigenvalue weighted by molar-refractivity contribution is 0.408. The van der Waals surface area contributed by atoms with E-state index in [2.05, 4.69) is 43.8 Å². The van der Waals surface area contributed by atoms with E-state index >= 15 is 0 Å². The fourth-order valence-electron chi connectivity index (χ4n) is 2.01. The SMILES string of the molecule is COc1ccccc1CC(C)N(C)c1ncc(Br)cn1. The summed E-state index contributed by atoms with van der Waals surface area (Å²) in [5.74, 6) is 1.64. The molecule has 4 nitrogen and oxygen atoms in total. The molecule has 0 aliphatic carbocycles. The molecule has 0 fully saturated rings. The summed E-state index contributed by atoms with van der Waals surface area (Å²) in [4.78, 5) is 10.7. The highest BCUT2D eigenvalue weighted by Gasteiger charge is 2.15. The quantitative estimate of drug-likeness (QED) is 0.840. The van der Waals surface area contributed by atoms with Crippen molar-refractivity contribution in [2.24, 2.45) is 0 Å². The van der Waals surface area contributed by atoms with Crippen molar-refractivity contribution in [1.82, 2.24) is 9.97 Å². The van der Waals surface area contributed by atoms with Crippen molar-refractivity contribution in [2.45, 2.75) is 19.4 Å². The molecule has 2 aromatic rings. The predicted molar refractivity (Wildman–Crippen MR) is 84.3 cm³/mol. The maximum absolute atomic E-state index is 5.39. The first-order valence-electron chi connectivity index (χ1n) is 6.44. The number of rotatable bonds is 5. The Morgan fingerprint density at radius 1 is 1.25 bits per heavy atom. The first-order valence-corrected chi connectivity index (χ1v) is 7.23. The number of nitrogens with zero attached hydrogens (tertiary/aromatic N) is 3. The molecule has 0 spiro atoms. The van der Waals surface area contributed by atoms with Crippen LogP contribution in [0.5, 0.6) is 5.75 Å². The van der Waals surface area contributed by atoms with E-state index in [9.17, 15) is 0 Å². The molecule has 0 saturated heterocycles. The van der Waals surface area contributed by atoms with Crippen LogP contribution in [0.3, 0.4) is 0 Å². The minimum Gasteiger partial charge on any atom is -0.496 e. The Hall–Kier alpha value is -1.62. The van der Waals surface area contributed by atoms with Gasteiger partial charge in [-0.2, -0.15) is 0 Å². The molecule has 1 aromatic carbocycles. The summed E-state index contributed by atoms with van der Waals surface area (Å²) in [5.41, 5.74) is 1.19. The monoisotopic (exact) mass is 335 g/mol. The molecule has 106 valence electrons. The van der Waals surface area contributed by atoms with E-state index in [1.165, 1.54) is 5.56 Å². The zero-order valence-corrected chi connectivity index (χ0v) is 13.5. The van der Waals surface area contributed by atoms with Gasteiger partial charge in [-0.25, -0.2) is 9.97 Å². The van der Waals surface area contributed by atoms with Gasteiger partial charge in [-0.05, 0) is 40.9 Å². The Morgan fingerprint density at radius 3 is 2.55 bits per heavy atom. The molecule has 0 aliphatic rings. The van der Waals surface area contributed by atoms with E-state index in [1.54, 1.807) is 19.5 Å². The van der Waals surface area contributed by atoms with Crippen molar-refractivity contribution in [2.75, 3.05) is 19.1 Å². The molecule has 0 radical (unpaired) electrons. The molecule has 2 rings (SSSR count). The minimum atomic E-state index is 0.271. The van der Waals surface area contributed by atoms with Crippen LogP contribution >= 0.6 is 15.9 Å². The number of ether oxygens (including phenoxy) is 1. The van der Waals surface area contributed by atoms with Crippen LogP contribution in [0.2, 0.25) is 0 Å². The number of hydrogen-bond donors (Lipinski definition) is 0. The van der Waals surface area contributed by atoms with E-state index in [0.29, 0.717) is 0 Å². The summed E-state index contributed by atoms with van der Waals surface area (Å²) < 4.78 is 6.27. The lowest BCUT2D eigenvalue weighted by Gasteiger charge is -2.25. The lowest BCUT2D eigenvalue weighted by atomic mass is 10.1. The Morgan fingerprint density at radius 2 is 1.90 bits per heavy atom. The van der Waals surface area contributed by atoms with E-state index in [0.717, 1.165) is 22.6 Å². The fraction of sp³-hybridized carbons (Fsp3) is 0.333. The molecule has 0 amide bonds. The van der Waals surface area contributed by atoms with Crippen molar-refractivity contribution >= 4 is 21.9 Å². The number of aromatic nitrogens is 2. The van der Waals surface area contributed by atoms with E-state index in [4.69, 9.17) is 4.74 Å². The van der Waals surface area contributed by atoms with Gasteiger partial charge in [0.25, 0.3) is 0 Å². The number of halogens is 1. The molecule has 0 N–H and O–H groups in total. The molecule has 20 heavy (non-hydrogen) atoms. The predicted octanol–water partition coefficient (Wildman–Crippen LogP) is 3.32. The number of likely N-dealkylation sites (N-methyl/N-ethyl adjacent to an activating group) is 1. The summed E-state index contributed by atoms with van der Waals surface area (Å²) in [5, 5.41) is 0. The largest absolute Gasteiger partial charge is 0.496 e. The number of methoxy groups -OCH3 is 1. The maximum Gasteiger partial charge on any atom is 0.225 e. The smallest absolute Gasteiger partial charge is 0.225 e. The van der Waals surface area contributed by atoms with Crippen LogP contribution in [0.25, 0.3) is 0 Å².